The van der Waals surface area contributed by atoms with Gasteiger partial charge in [0.05, 0.1) is 0 Å². The zero-order chi connectivity index (χ0) is 14.8. The lowest BCUT2D eigenvalue weighted by atomic mass is 9.79. The first kappa shape index (κ1) is 18.0. The Bertz CT molecular complexity index is 475. The molecule has 1 aromatic rings. The fourth-order valence-electron chi connectivity index (χ4n) is 3.01. The number of carbonyl (C=O) groups is 1. The van der Waals surface area contributed by atoms with Crippen LogP contribution in [0.2, 0.25) is 0 Å². The summed E-state index contributed by atoms with van der Waals surface area (Å²) in [5, 5.41) is 0. The quantitative estimate of drug-likeness (QED) is 0.931. The van der Waals surface area contributed by atoms with Crippen LogP contribution in [0.5, 0.6) is 0 Å². The summed E-state index contributed by atoms with van der Waals surface area (Å²) in [5.74, 6) is 0.0445. The van der Waals surface area contributed by atoms with Crippen LogP contribution in [-0.2, 0) is 10.3 Å². The number of hydrogen-bond acceptors (Lipinski definition) is 2. The van der Waals surface area contributed by atoms with Crippen molar-refractivity contribution in [3.63, 3.8) is 0 Å². The molecule has 118 valence electrons. The van der Waals surface area contributed by atoms with Crippen LogP contribution in [0, 0.1) is 5.41 Å². The minimum atomic E-state index is -0.937. The summed E-state index contributed by atoms with van der Waals surface area (Å²) in [6, 6.07) is 9.67. The summed E-state index contributed by atoms with van der Waals surface area (Å²) in [5.41, 5.74) is 6.53. The first-order valence-electron chi connectivity index (χ1n) is 7.53. The van der Waals surface area contributed by atoms with Crippen molar-refractivity contribution in [2.24, 2.45) is 11.1 Å². The Kier molecular flexibility index (Phi) is 5.83. The highest BCUT2D eigenvalue weighted by Crippen LogP contribution is 2.34. The molecule has 1 aliphatic heterocycles. The Balaban J connectivity index is 0.00000220. The van der Waals surface area contributed by atoms with Crippen molar-refractivity contribution in [3.05, 3.63) is 35.9 Å². The van der Waals surface area contributed by atoms with Crippen molar-refractivity contribution in [1.82, 2.24) is 4.90 Å². The van der Waals surface area contributed by atoms with Gasteiger partial charge in [0.2, 0.25) is 5.91 Å². The molecule has 2 rings (SSSR count). The van der Waals surface area contributed by atoms with Crippen LogP contribution in [0.25, 0.3) is 0 Å². The lowest BCUT2D eigenvalue weighted by Gasteiger charge is -2.42. The standard InChI is InChI=1S/C17H26N2O.ClH/c1-4-16(2)11-8-12-19(13-16)15(20)17(3,18)14-9-6-5-7-10-14;/h5-7,9-10H,4,8,11-13,18H2,1-3H3;1H. The molecule has 0 aromatic heterocycles. The summed E-state index contributed by atoms with van der Waals surface area (Å²) in [6.45, 7) is 7.94. The summed E-state index contributed by atoms with van der Waals surface area (Å²) in [7, 11) is 0. The van der Waals surface area contributed by atoms with Gasteiger partial charge < -0.3 is 10.6 Å². The molecule has 0 spiro atoms. The van der Waals surface area contributed by atoms with Gasteiger partial charge in [0, 0.05) is 13.1 Å². The Morgan fingerprint density at radius 1 is 1.38 bits per heavy atom. The third kappa shape index (κ3) is 3.78. The van der Waals surface area contributed by atoms with E-state index in [1.165, 1.54) is 6.42 Å². The van der Waals surface area contributed by atoms with E-state index < -0.39 is 5.54 Å². The maximum Gasteiger partial charge on any atom is 0.246 e. The fraction of sp³-hybridized carbons (Fsp3) is 0.588. The highest BCUT2D eigenvalue weighted by atomic mass is 35.5. The number of hydrogen-bond donors (Lipinski definition) is 1. The summed E-state index contributed by atoms with van der Waals surface area (Å²) >= 11 is 0. The summed E-state index contributed by atoms with van der Waals surface area (Å²) in [4.78, 5) is 14.8. The number of halogens is 1. The molecule has 1 aromatic carbocycles. The fourth-order valence-corrected chi connectivity index (χ4v) is 3.01. The molecule has 3 nitrogen and oxygen atoms in total. The van der Waals surface area contributed by atoms with E-state index in [-0.39, 0.29) is 23.7 Å². The van der Waals surface area contributed by atoms with Crippen LogP contribution in [-0.4, -0.2) is 23.9 Å². The van der Waals surface area contributed by atoms with Crippen LogP contribution >= 0.6 is 12.4 Å². The third-order valence-corrected chi connectivity index (χ3v) is 4.74. The molecule has 0 aliphatic carbocycles. The lowest BCUT2D eigenvalue weighted by molar-refractivity contribution is -0.140. The second-order valence-electron chi connectivity index (χ2n) is 6.56. The second-order valence-corrected chi connectivity index (χ2v) is 6.56. The number of amides is 1. The van der Waals surface area contributed by atoms with Crippen molar-refractivity contribution in [2.45, 2.75) is 45.6 Å². The molecule has 0 radical (unpaired) electrons. The summed E-state index contributed by atoms with van der Waals surface area (Å²) in [6.07, 6.45) is 3.37. The van der Waals surface area contributed by atoms with E-state index in [0.717, 1.165) is 31.5 Å². The van der Waals surface area contributed by atoms with Crippen LogP contribution in [0.4, 0.5) is 0 Å². The van der Waals surface area contributed by atoms with Gasteiger partial charge in [-0.05, 0) is 37.2 Å². The molecule has 4 heteroatoms. The van der Waals surface area contributed by atoms with E-state index in [0.29, 0.717) is 0 Å². The maximum absolute atomic E-state index is 12.8. The molecular formula is C17H27ClN2O. The smallest absolute Gasteiger partial charge is 0.246 e. The topological polar surface area (TPSA) is 46.3 Å². The first-order valence-corrected chi connectivity index (χ1v) is 7.53. The summed E-state index contributed by atoms with van der Waals surface area (Å²) < 4.78 is 0. The van der Waals surface area contributed by atoms with E-state index in [2.05, 4.69) is 13.8 Å². The van der Waals surface area contributed by atoms with Crippen molar-refractivity contribution in [3.8, 4) is 0 Å². The zero-order valence-corrected chi connectivity index (χ0v) is 14.1. The molecule has 2 N–H and O–H groups in total. The van der Waals surface area contributed by atoms with Crippen LogP contribution in [0.15, 0.2) is 30.3 Å². The van der Waals surface area contributed by atoms with Gasteiger partial charge in [-0.25, -0.2) is 0 Å². The Morgan fingerprint density at radius 2 is 2.00 bits per heavy atom. The SMILES string of the molecule is CCC1(C)CCCN(C(=O)C(C)(N)c2ccccc2)C1.Cl. The van der Waals surface area contributed by atoms with Gasteiger partial charge in [-0.2, -0.15) is 0 Å². The average Bonchev–Trinajstić information content (AvgIpc) is 2.47. The molecule has 1 heterocycles. The van der Waals surface area contributed by atoms with Crippen molar-refractivity contribution in [1.29, 1.82) is 0 Å². The van der Waals surface area contributed by atoms with Gasteiger partial charge in [-0.1, -0.05) is 44.2 Å². The van der Waals surface area contributed by atoms with Crippen LogP contribution in [0.1, 0.15) is 45.6 Å². The number of rotatable bonds is 3. The highest BCUT2D eigenvalue weighted by molar-refractivity contribution is 5.87. The predicted molar refractivity (Wildman–Crippen MR) is 89.4 cm³/mol. The van der Waals surface area contributed by atoms with Gasteiger partial charge in [-0.3, -0.25) is 4.79 Å². The van der Waals surface area contributed by atoms with Crippen molar-refractivity contribution >= 4 is 18.3 Å². The van der Waals surface area contributed by atoms with Gasteiger partial charge in [0.1, 0.15) is 5.54 Å². The molecule has 21 heavy (non-hydrogen) atoms. The molecule has 0 saturated carbocycles. The minimum Gasteiger partial charge on any atom is -0.340 e. The molecule has 0 bridgehead atoms. The Morgan fingerprint density at radius 3 is 2.57 bits per heavy atom. The first-order chi connectivity index (χ1) is 9.39. The van der Waals surface area contributed by atoms with E-state index in [1.807, 2.05) is 42.2 Å². The maximum atomic E-state index is 12.8. The average molecular weight is 311 g/mol. The Hall–Kier alpha value is -1.06. The number of piperidine rings is 1. The molecule has 2 unspecified atom stereocenters. The van der Waals surface area contributed by atoms with E-state index in [4.69, 9.17) is 5.73 Å². The Labute approximate surface area is 134 Å². The predicted octanol–water partition coefficient (Wildman–Crippen LogP) is 3.32. The monoisotopic (exact) mass is 310 g/mol. The number of carbonyl (C=O) groups excluding carboxylic acids is 1. The highest BCUT2D eigenvalue weighted by Gasteiger charge is 2.39. The molecule has 2 atom stereocenters. The number of benzene rings is 1. The van der Waals surface area contributed by atoms with E-state index in [1.54, 1.807) is 0 Å². The zero-order valence-electron chi connectivity index (χ0n) is 13.3. The molecule has 1 amide bonds. The van der Waals surface area contributed by atoms with Gasteiger partial charge in [0.15, 0.2) is 0 Å². The van der Waals surface area contributed by atoms with Gasteiger partial charge in [0.25, 0.3) is 0 Å². The van der Waals surface area contributed by atoms with Gasteiger partial charge in [-0.15, -0.1) is 12.4 Å². The van der Waals surface area contributed by atoms with E-state index in [9.17, 15) is 4.79 Å². The third-order valence-electron chi connectivity index (χ3n) is 4.74. The molecular weight excluding hydrogens is 284 g/mol. The van der Waals surface area contributed by atoms with E-state index >= 15 is 0 Å². The second kappa shape index (κ2) is 6.80. The number of nitrogens with two attached hydrogens (primary N) is 1. The van der Waals surface area contributed by atoms with Crippen LogP contribution in [0.3, 0.4) is 0 Å². The minimum absolute atomic E-state index is 0. The largest absolute Gasteiger partial charge is 0.340 e. The normalized spacial score (nSPS) is 24.9. The number of likely N-dealkylation sites (tertiary alicyclic amines) is 1. The molecule has 1 fully saturated rings. The van der Waals surface area contributed by atoms with Crippen molar-refractivity contribution in [2.75, 3.05) is 13.1 Å². The molecule has 1 aliphatic rings. The van der Waals surface area contributed by atoms with Crippen LogP contribution < -0.4 is 5.73 Å². The lowest BCUT2D eigenvalue weighted by Crippen LogP contribution is -2.55. The van der Waals surface area contributed by atoms with Gasteiger partial charge >= 0.3 is 0 Å². The number of nitrogens with zero attached hydrogens (tertiary/aromatic N) is 1. The molecule has 1 saturated heterocycles. The van der Waals surface area contributed by atoms with Crippen molar-refractivity contribution < 1.29 is 4.79 Å².